The average molecular weight is 277 g/mol. The number of Topliss-reactive ketones (excluding diaryl/α,β-unsaturated/α-hetero) is 1. The number of carbonyl (C=O) groups excluding carboxylic acids is 2. The molecule has 0 spiro atoms. The molecule has 1 aliphatic rings. The van der Waals surface area contributed by atoms with Gasteiger partial charge in [-0.25, -0.2) is 0 Å². The molecule has 0 unspecified atom stereocenters. The second-order valence-electron chi connectivity index (χ2n) is 5.30. The molecule has 0 amide bonds. The molecular formula is C18H15NO2. The number of hydrogen-bond donors (Lipinski definition) is 1. The summed E-state index contributed by atoms with van der Waals surface area (Å²) in [6.07, 6.45) is 1.38. The Hall–Kier alpha value is -2.68. The molecule has 104 valence electrons. The van der Waals surface area contributed by atoms with E-state index in [1.807, 2.05) is 38.1 Å². The number of carbonyl (C=O) groups is 2. The van der Waals surface area contributed by atoms with Crippen molar-refractivity contribution in [2.45, 2.75) is 13.8 Å². The molecular weight excluding hydrogens is 262 g/mol. The number of rotatable bonds is 2. The Bertz CT molecular complexity index is 767. The molecule has 2 aromatic carbocycles. The Morgan fingerprint density at radius 1 is 0.857 bits per heavy atom. The third-order valence-electron chi connectivity index (χ3n) is 3.46. The standard InChI is InChI=1S/C18H15NO2/c1-11-7-12(2)9-13(8-11)19-16-10-17(20)18(21)15-6-4-3-5-14(15)16/h3-10,19H,1-2H3. The third-order valence-corrected chi connectivity index (χ3v) is 3.46. The van der Waals surface area contributed by atoms with Crippen LogP contribution in [0.2, 0.25) is 0 Å². The number of ketones is 2. The van der Waals surface area contributed by atoms with Crippen LogP contribution in [0, 0.1) is 13.8 Å². The van der Waals surface area contributed by atoms with Crippen LogP contribution in [-0.2, 0) is 4.79 Å². The van der Waals surface area contributed by atoms with E-state index in [1.54, 1.807) is 12.1 Å². The number of anilines is 1. The van der Waals surface area contributed by atoms with E-state index < -0.39 is 11.6 Å². The lowest BCUT2D eigenvalue weighted by Gasteiger charge is -2.18. The molecule has 0 aliphatic heterocycles. The second kappa shape index (κ2) is 5.02. The summed E-state index contributed by atoms with van der Waals surface area (Å²) in [5, 5.41) is 3.26. The predicted molar refractivity (Wildman–Crippen MR) is 83.3 cm³/mol. The minimum Gasteiger partial charge on any atom is -0.355 e. The first-order valence-electron chi connectivity index (χ1n) is 6.79. The number of hydrogen-bond acceptors (Lipinski definition) is 3. The summed E-state index contributed by atoms with van der Waals surface area (Å²) in [4.78, 5) is 23.7. The van der Waals surface area contributed by atoms with Crippen molar-refractivity contribution in [1.29, 1.82) is 0 Å². The van der Waals surface area contributed by atoms with Crippen molar-refractivity contribution in [2.75, 3.05) is 5.32 Å². The maximum absolute atomic E-state index is 11.9. The highest BCUT2D eigenvalue weighted by atomic mass is 16.2. The summed E-state index contributed by atoms with van der Waals surface area (Å²) in [6.45, 7) is 4.05. The van der Waals surface area contributed by atoms with E-state index in [0.29, 0.717) is 11.3 Å². The molecule has 0 heterocycles. The van der Waals surface area contributed by atoms with Crippen molar-refractivity contribution >= 4 is 23.0 Å². The minimum atomic E-state index is -0.486. The van der Waals surface area contributed by atoms with Crippen LogP contribution in [0.5, 0.6) is 0 Å². The van der Waals surface area contributed by atoms with Crippen molar-refractivity contribution in [3.8, 4) is 0 Å². The summed E-state index contributed by atoms with van der Waals surface area (Å²) < 4.78 is 0. The second-order valence-corrected chi connectivity index (χ2v) is 5.30. The maximum Gasteiger partial charge on any atom is 0.233 e. The molecule has 3 rings (SSSR count). The van der Waals surface area contributed by atoms with Crippen molar-refractivity contribution in [3.05, 3.63) is 70.8 Å². The highest BCUT2D eigenvalue weighted by molar-refractivity contribution is 6.50. The monoisotopic (exact) mass is 277 g/mol. The Morgan fingerprint density at radius 2 is 1.48 bits per heavy atom. The van der Waals surface area contributed by atoms with Crippen LogP contribution in [0.15, 0.2) is 48.5 Å². The number of nitrogens with one attached hydrogen (secondary N) is 1. The topological polar surface area (TPSA) is 46.2 Å². The van der Waals surface area contributed by atoms with Crippen molar-refractivity contribution in [2.24, 2.45) is 0 Å². The van der Waals surface area contributed by atoms with Gasteiger partial charge in [0.1, 0.15) is 0 Å². The Morgan fingerprint density at radius 3 is 2.14 bits per heavy atom. The summed E-state index contributed by atoms with van der Waals surface area (Å²) >= 11 is 0. The highest BCUT2D eigenvalue weighted by Crippen LogP contribution is 2.27. The first-order chi connectivity index (χ1) is 10.0. The van der Waals surface area contributed by atoms with Crippen molar-refractivity contribution < 1.29 is 9.59 Å². The predicted octanol–water partition coefficient (Wildman–Crippen LogP) is 3.52. The fourth-order valence-corrected chi connectivity index (χ4v) is 2.63. The summed E-state index contributed by atoms with van der Waals surface area (Å²) in [5.74, 6) is -0.933. The van der Waals surface area contributed by atoms with E-state index in [2.05, 4.69) is 11.4 Å². The van der Waals surface area contributed by atoms with Gasteiger partial charge < -0.3 is 5.32 Å². The van der Waals surface area contributed by atoms with Crippen molar-refractivity contribution in [1.82, 2.24) is 0 Å². The molecule has 1 aliphatic carbocycles. The fraction of sp³-hybridized carbons (Fsp3) is 0.111. The lowest BCUT2D eigenvalue weighted by atomic mass is 9.92. The molecule has 0 aromatic heterocycles. The SMILES string of the molecule is Cc1cc(C)cc(NC2=CC(=O)C(=O)c3ccccc32)c1. The smallest absolute Gasteiger partial charge is 0.233 e. The first-order valence-corrected chi connectivity index (χ1v) is 6.79. The van der Waals surface area contributed by atoms with E-state index in [1.165, 1.54) is 6.08 Å². The maximum atomic E-state index is 11.9. The van der Waals surface area contributed by atoms with Gasteiger partial charge in [-0.3, -0.25) is 9.59 Å². The van der Waals surface area contributed by atoms with Crippen LogP contribution in [0.4, 0.5) is 5.69 Å². The Labute approximate surface area is 123 Å². The molecule has 21 heavy (non-hydrogen) atoms. The van der Waals surface area contributed by atoms with Gasteiger partial charge in [0, 0.05) is 22.9 Å². The molecule has 0 bridgehead atoms. The zero-order valence-electron chi connectivity index (χ0n) is 11.9. The van der Waals surface area contributed by atoms with E-state index in [9.17, 15) is 9.59 Å². The van der Waals surface area contributed by atoms with Crippen LogP contribution in [0.3, 0.4) is 0 Å². The van der Waals surface area contributed by atoms with E-state index in [0.717, 1.165) is 22.4 Å². The molecule has 0 saturated carbocycles. The quantitative estimate of drug-likeness (QED) is 0.854. The third kappa shape index (κ3) is 2.50. The largest absolute Gasteiger partial charge is 0.355 e. The van der Waals surface area contributed by atoms with E-state index in [-0.39, 0.29) is 0 Å². The summed E-state index contributed by atoms with van der Waals surface area (Å²) in [7, 11) is 0. The molecule has 1 N–H and O–H groups in total. The number of allylic oxidation sites excluding steroid dienone is 1. The van der Waals surface area contributed by atoms with Gasteiger partial charge in [-0.2, -0.15) is 0 Å². The van der Waals surface area contributed by atoms with Gasteiger partial charge in [-0.05, 0) is 37.1 Å². The zero-order valence-corrected chi connectivity index (χ0v) is 11.9. The Kier molecular flexibility index (Phi) is 3.18. The van der Waals surface area contributed by atoms with Crippen LogP contribution < -0.4 is 5.32 Å². The Balaban J connectivity index is 2.04. The van der Waals surface area contributed by atoms with Crippen molar-refractivity contribution in [3.63, 3.8) is 0 Å². The molecule has 3 heteroatoms. The summed E-state index contributed by atoms with van der Waals surface area (Å²) in [6, 6.07) is 13.3. The van der Waals surface area contributed by atoms with Gasteiger partial charge in [0.2, 0.25) is 11.6 Å². The normalized spacial score (nSPS) is 13.7. The lowest BCUT2D eigenvalue weighted by Crippen LogP contribution is -2.20. The molecule has 0 fully saturated rings. The fourth-order valence-electron chi connectivity index (χ4n) is 2.63. The molecule has 0 atom stereocenters. The number of benzene rings is 2. The van der Waals surface area contributed by atoms with Crippen LogP contribution in [0.25, 0.3) is 5.70 Å². The number of fused-ring (bicyclic) bond motifs is 1. The van der Waals surface area contributed by atoms with E-state index in [4.69, 9.17) is 0 Å². The number of aryl methyl sites for hydroxylation is 2. The molecule has 3 nitrogen and oxygen atoms in total. The molecule has 0 saturated heterocycles. The van der Waals surface area contributed by atoms with Crippen LogP contribution in [-0.4, -0.2) is 11.6 Å². The molecule has 0 radical (unpaired) electrons. The van der Waals surface area contributed by atoms with Gasteiger partial charge in [0.25, 0.3) is 0 Å². The van der Waals surface area contributed by atoms with Crippen LogP contribution >= 0.6 is 0 Å². The van der Waals surface area contributed by atoms with Gasteiger partial charge >= 0.3 is 0 Å². The summed E-state index contributed by atoms with van der Waals surface area (Å²) in [5.41, 5.74) is 5.09. The van der Waals surface area contributed by atoms with Gasteiger partial charge in [-0.1, -0.05) is 30.3 Å². The lowest BCUT2D eigenvalue weighted by molar-refractivity contribution is -0.111. The first kappa shape index (κ1) is 13.3. The average Bonchev–Trinajstić information content (AvgIpc) is 2.43. The van der Waals surface area contributed by atoms with Gasteiger partial charge in [-0.15, -0.1) is 0 Å². The van der Waals surface area contributed by atoms with Crippen LogP contribution in [0.1, 0.15) is 27.0 Å². The van der Waals surface area contributed by atoms with E-state index >= 15 is 0 Å². The zero-order chi connectivity index (χ0) is 15.0. The van der Waals surface area contributed by atoms with Gasteiger partial charge in [0.15, 0.2) is 0 Å². The minimum absolute atomic E-state index is 0.448. The highest BCUT2D eigenvalue weighted by Gasteiger charge is 2.25. The molecule has 2 aromatic rings. The van der Waals surface area contributed by atoms with Gasteiger partial charge in [0.05, 0.1) is 5.70 Å².